The van der Waals surface area contributed by atoms with Gasteiger partial charge in [0.15, 0.2) is 11.2 Å². The zero-order valence-corrected chi connectivity index (χ0v) is 11.2. The maximum atomic E-state index is 9.40. The lowest BCUT2D eigenvalue weighted by molar-refractivity contribution is 0.233. The number of aliphatic hydroxyl groups excluding tert-OH is 1. The molecule has 1 N–H and O–H groups in total. The van der Waals surface area contributed by atoms with Gasteiger partial charge in [0.05, 0.1) is 13.7 Å². The molecular weight excluding hydrogens is 228 g/mol. The summed E-state index contributed by atoms with van der Waals surface area (Å²) in [6.07, 6.45) is 1.92. The standard InChI is InChI=1S/C14H20N2O2/c1-10-5-6-12(18-4)13(16(10)3)15-11(2)14(9-17)7-8-14/h5-6,17H,2,7-9H2,1,3-4H3. The molecule has 1 aliphatic carbocycles. The first kappa shape index (κ1) is 12.9. The highest BCUT2D eigenvalue weighted by atomic mass is 16.5. The van der Waals surface area contributed by atoms with Crippen molar-refractivity contribution in [2.75, 3.05) is 13.7 Å². The third-order valence-electron chi connectivity index (χ3n) is 3.77. The normalized spacial score (nSPS) is 17.7. The Labute approximate surface area is 107 Å². The van der Waals surface area contributed by atoms with Crippen LogP contribution >= 0.6 is 0 Å². The third kappa shape index (κ3) is 2.08. The highest BCUT2D eigenvalue weighted by Crippen LogP contribution is 2.51. The molecule has 18 heavy (non-hydrogen) atoms. The van der Waals surface area contributed by atoms with Crippen LogP contribution in [0.15, 0.2) is 29.4 Å². The van der Waals surface area contributed by atoms with Crippen LogP contribution < -0.4 is 10.2 Å². The van der Waals surface area contributed by atoms with Gasteiger partial charge in [-0.1, -0.05) is 6.58 Å². The van der Waals surface area contributed by atoms with Crippen LogP contribution in [0.25, 0.3) is 0 Å². The first-order valence-electron chi connectivity index (χ1n) is 6.10. The molecular formula is C14H20N2O2. The second-order valence-electron chi connectivity index (χ2n) is 4.92. The van der Waals surface area contributed by atoms with E-state index in [0.29, 0.717) is 0 Å². The van der Waals surface area contributed by atoms with Gasteiger partial charge in [-0.2, -0.15) is 0 Å². The minimum Gasteiger partial charge on any atom is -0.493 e. The number of aromatic nitrogens is 1. The molecule has 1 aromatic rings. The van der Waals surface area contributed by atoms with Crippen LogP contribution in [0.4, 0.5) is 0 Å². The average Bonchev–Trinajstić information content (AvgIpc) is 3.16. The molecule has 0 spiro atoms. The van der Waals surface area contributed by atoms with Gasteiger partial charge in [0.1, 0.15) is 0 Å². The van der Waals surface area contributed by atoms with Gasteiger partial charge in [0, 0.05) is 23.9 Å². The summed E-state index contributed by atoms with van der Waals surface area (Å²) in [5.74, 6) is 0.720. The highest BCUT2D eigenvalue weighted by molar-refractivity contribution is 5.24. The van der Waals surface area contributed by atoms with Crippen molar-refractivity contribution in [3.05, 3.63) is 35.6 Å². The Kier molecular flexibility index (Phi) is 3.30. The number of aryl methyl sites for hydroxylation is 1. The second kappa shape index (κ2) is 4.61. The predicted octanol–water partition coefficient (Wildman–Crippen LogP) is 1.53. The second-order valence-corrected chi connectivity index (χ2v) is 4.92. The highest BCUT2D eigenvalue weighted by Gasteiger charge is 2.45. The van der Waals surface area contributed by atoms with Gasteiger partial charge in [-0.3, -0.25) is 0 Å². The summed E-state index contributed by atoms with van der Waals surface area (Å²) in [7, 11) is 3.58. The van der Waals surface area contributed by atoms with Gasteiger partial charge in [0.2, 0.25) is 0 Å². The smallest absolute Gasteiger partial charge is 0.175 e. The molecule has 0 unspecified atom stereocenters. The zero-order valence-electron chi connectivity index (χ0n) is 11.2. The van der Waals surface area contributed by atoms with E-state index in [-0.39, 0.29) is 12.0 Å². The summed E-state index contributed by atoms with van der Waals surface area (Å²) >= 11 is 0. The topological polar surface area (TPSA) is 46.8 Å². The molecule has 1 aliphatic rings. The van der Waals surface area contributed by atoms with Crippen LogP contribution in [0.5, 0.6) is 5.75 Å². The summed E-state index contributed by atoms with van der Waals surface area (Å²) in [5.41, 5.74) is 2.39. The minimum atomic E-state index is -0.193. The molecule has 4 nitrogen and oxygen atoms in total. The number of hydrogen-bond acceptors (Lipinski definition) is 3. The number of pyridine rings is 1. The number of ether oxygens (including phenoxy) is 1. The Morgan fingerprint density at radius 1 is 1.56 bits per heavy atom. The van der Waals surface area contributed by atoms with E-state index in [4.69, 9.17) is 4.74 Å². The Bertz CT molecular complexity index is 539. The van der Waals surface area contributed by atoms with Crippen LogP contribution in [0.3, 0.4) is 0 Å². The minimum absolute atomic E-state index is 0.118. The average molecular weight is 248 g/mol. The number of nitrogens with zero attached hydrogens (tertiary/aromatic N) is 2. The van der Waals surface area contributed by atoms with E-state index >= 15 is 0 Å². The summed E-state index contributed by atoms with van der Waals surface area (Å²) in [6.45, 7) is 6.14. The maximum Gasteiger partial charge on any atom is 0.175 e. The Hall–Kier alpha value is -1.55. The lowest BCUT2D eigenvalue weighted by Gasteiger charge is -2.13. The van der Waals surface area contributed by atoms with Crippen LogP contribution in [-0.2, 0) is 7.05 Å². The Morgan fingerprint density at radius 3 is 2.72 bits per heavy atom. The molecule has 0 atom stereocenters. The van der Waals surface area contributed by atoms with Crippen molar-refractivity contribution in [3.63, 3.8) is 0 Å². The molecule has 0 aromatic carbocycles. The van der Waals surface area contributed by atoms with Crippen molar-refractivity contribution in [2.24, 2.45) is 17.5 Å². The van der Waals surface area contributed by atoms with E-state index in [9.17, 15) is 5.11 Å². The van der Waals surface area contributed by atoms with Crippen molar-refractivity contribution in [1.29, 1.82) is 0 Å². The number of methoxy groups -OCH3 is 1. The van der Waals surface area contributed by atoms with Crippen LogP contribution in [0.2, 0.25) is 0 Å². The van der Waals surface area contributed by atoms with Crippen molar-refractivity contribution < 1.29 is 9.84 Å². The van der Waals surface area contributed by atoms with E-state index < -0.39 is 0 Å². The van der Waals surface area contributed by atoms with Crippen LogP contribution in [-0.4, -0.2) is 23.4 Å². The fourth-order valence-electron chi connectivity index (χ4n) is 1.94. The third-order valence-corrected chi connectivity index (χ3v) is 3.77. The molecule has 1 heterocycles. The van der Waals surface area contributed by atoms with Crippen molar-refractivity contribution in [1.82, 2.24) is 4.57 Å². The first-order valence-corrected chi connectivity index (χ1v) is 6.10. The van der Waals surface area contributed by atoms with E-state index in [1.165, 1.54) is 0 Å². The molecule has 0 amide bonds. The molecule has 0 aliphatic heterocycles. The fourth-order valence-corrected chi connectivity index (χ4v) is 1.94. The molecule has 0 radical (unpaired) electrons. The Morgan fingerprint density at radius 2 is 2.22 bits per heavy atom. The lowest BCUT2D eigenvalue weighted by Crippen LogP contribution is -2.23. The monoisotopic (exact) mass is 248 g/mol. The van der Waals surface area contributed by atoms with E-state index in [1.54, 1.807) is 7.11 Å². The summed E-state index contributed by atoms with van der Waals surface area (Å²) in [5, 5.41) is 9.40. The van der Waals surface area contributed by atoms with Gasteiger partial charge < -0.3 is 14.4 Å². The van der Waals surface area contributed by atoms with Gasteiger partial charge in [-0.15, -0.1) is 0 Å². The zero-order chi connectivity index (χ0) is 13.3. The molecule has 1 aromatic heterocycles. The summed E-state index contributed by atoms with van der Waals surface area (Å²) in [6, 6.07) is 3.89. The van der Waals surface area contributed by atoms with Crippen molar-refractivity contribution >= 4 is 0 Å². The lowest BCUT2D eigenvalue weighted by atomic mass is 10.1. The van der Waals surface area contributed by atoms with E-state index in [2.05, 4.69) is 11.6 Å². The molecule has 1 saturated carbocycles. The van der Waals surface area contributed by atoms with Crippen LogP contribution in [0.1, 0.15) is 18.5 Å². The first-order chi connectivity index (χ1) is 8.54. The Balaban J connectivity index is 2.50. The molecule has 2 rings (SSSR count). The van der Waals surface area contributed by atoms with E-state index in [1.807, 2.05) is 30.7 Å². The SMILES string of the molecule is C=C(N=c1c(OC)ccc(C)n1C)C1(CO)CC1. The predicted molar refractivity (Wildman–Crippen MR) is 70.2 cm³/mol. The molecule has 1 fully saturated rings. The molecule has 98 valence electrons. The largest absolute Gasteiger partial charge is 0.493 e. The number of hydrogen-bond donors (Lipinski definition) is 1. The van der Waals surface area contributed by atoms with Crippen LogP contribution in [0, 0.1) is 12.3 Å². The van der Waals surface area contributed by atoms with Gasteiger partial charge in [-0.05, 0) is 31.9 Å². The number of aliphatic hydroxyl groups is 1. The summed E-state index contributed by atoms with van der Waals surface area (Å²) < 4.78 is 7.30. The quantitative estimate of drug-likeness (QED) is 0.878. The van der Waals surface area contributed by atoms with Gasteiger partial charge in [-0.25, -0.2) is 4.99 Å². The number of rotatable bonds is 4. The van der Waals surface area contributed by atoms with Crippen molar-refractivity contribution in [2.45, 2.75) is 19.8 Å². The van der Waals surface area contributed by atoms with Crippen molar-refractivity contribution in [3.8, 4) is 5.75 Å². The maximum absolute atomic E-state index is 9.40. The molecule has 4 heteroatoms. The fraction of sp³-hybridized carbons (Fsp3) is 0.500. The molecule has 0 saturated heterocycles. The van der Waals surface area contributed by atoms with Gasteiger partial charge >= 0.3 is 0 Å². The van der Waals surface area contributed by atoms with Gasteiger partial charge in [0.25, 0.3) is 0 Å². The molecule has 0 bridgehead atoms. The summed E-state index contributed by atoms with van der Waals surface area (Å²) in [4.78, 5) is 4.58. The van der Waals surface area contributed by atoms with E-state index in [0.717, 1.165) is 35.5 Å².